The fourth-order valence-corrected chi connectivity index (χ4v) is 1.23. The van der Waals surface area contributed by atoms with Crippen molar-refractivity contribution in [2.24, 2.45) is 0 Å². The molecule has 0 aromatic heterocycles. The number of para-hydroxylation sites is 1. The summed E-state index contributed by atoms with van der Waals surface area (Å²) in [5, 5.41) is 0. The van der Waals surface area contributed by atoms with Crippen molar-refractivity contribution in [1.29, 1.82) is 0 Å². The molecule has 1 rings (SSSR count). The van der Waals surface area contributed by atoms with Gasteiger partial charge in [0.15, 0.2) is 0 Å². The lowest BCUT2D eigenvalue weighted by Gasteiger charge is -2.15. The maximum Gasteiger partial charge on any atom is 0.202 e. The van der Waals surface area contributed by atoms with Crippen LogP contribution in [0.1, 0.15) is 19.8 Å². The van der Waals surface area contributed by atoms with Crippen molar-refractivity contribution in [2.45, 2.75) is 26.1 Å². The summed E-state index contributed by atoms with van der Waals surface area (Å²) in [6, 6.07) is 9.70. The zero-order valence-electron chi connectivity index (χ0n) is 8.18. The number of benzene rings is 1. The van der Waals surface area contributed by atoms with Gasteiger partial charge in [0.25, 0.3) is 0 Å². The largest absolute Gasteiger partial charge is 0.465 e. The highest BCUT2D eigenvalue weighted by Crippen LogP contribution is 2.15. The Bertz CT molecular complexity index is 231. The molecule has 0 radical (unpaired) electrons. The van der Waals surface area contributed by atoms with Crippen molar-refractivity contribution in [3.63, 3.8) is 0 Å². The summed E-state index contributed by atoms with van der Waals surface area (Å²) in [5.74, 6) is 0.850. The van der Waals surface area contributed by atoms with Crippen LogP contribution >= 0.6 is 21.9 Å². The van der Waals surface area contributed by atoms with Gasteiger partial charge >= 0.3 is 0 Å². The van der Waals surface area contributed by atoms with Gasteiger partial charge in [0.05, 0.1) is 0 Å². The number of hydrogen-bond donors (Lipinski definition) is 0. The molecule has 0 aliphatic rings. The molecule has 0 aliphatic heterocycles. The van der Waals surface area contributed by atoms with E-state index in [2.05, 4.69) is 16.4 Å². The minimum Gasteiger partial charge on any atom is -0.465 e. The van der Waals surface area contributed by atoms with Crippen molar-refractivity contribution < 1.29 is 9.26 Å². The number of ether oxygens (including phenoxy) is 1. The second kappa shape index (κ2) is 8.05. The summed E-state index contributed by atoms with van der Waals surface area (Å²) in [4.78, 5) is 0. The van der Waals surface area contributed by atoms with Gasteiger partial charge in [-0.3, -0.25) is 0 Å². The lowest BCUT2D eigenvalue weighted by molar-refractivity contribution is 0.0143. The Labute approximate surface area is 93.7 Å². The number of rotatable bonds is 5. The van der Waals surface area contributed by atoms with Crippen LogP contribution in [0.4, 0.5) is 0 Å². The molecule has 4 heteroatoms. The molecule has 0 amide bonds. The van der Waals surface area contributed by atoms with Crippen molar-refractivity contribution >= 4 is 21.9 Å². The Morgan fingerprint density at radius 1 is 1.29 bits per heavy atom. The lowest BCUT2D eigenvalue weighted by atomic mass is 10.3. The first kappa shape index (κ1) is 13.7. The second-order valence-electron chi connectivity index (χ2n) is 2.79. The molecule has 0 bridgehead atoms. The number of halogens is 1. The maximum atomic E-state index is 5.56. The van der Waals surface area contributed by atoms with Gasteiger partial charge in [-0.1, -0.05) is 31.5 Å². The van der Waals surface area contributed by atoms with Gasteiger partial charge < -0.3 is 9.26 Å². The summed E-state index contributed by atoms with van der Waals surface area (Å²) in [5.41, 5.74) is 0. The van der Waals surface area contributed by atoms with Gasteiger partial charge in [-0.2, -0.15) is 0 Å². The smallest absolute Gasteiger partial charge is 0.202 e. The van der Waals surface area contributed by atoms with E-state index in [4.69, 9.17) is 9.26 Å². The molecule has 1 aromatic carbocycles. The Hall–Kier alpha value is -0.300. The van der Waals surface area contributed by atoms with Crippen LogP contribution in [0.25, 0.3) is 0 Å². The first-order chi connectivity index (χ1) is 6.36. The Kier molecular flexibility index (Phi) is 7.87. The first-order valence-electron chi connectivity index (χ1n) is 4.44. The average molecular weight is 235 g/mol. The minimum atomic E-state index is -0.155. The zero-order valence-corrected chi connectivity index (χ0v) is 10.2. The van der Waals surface area contributed by atoms with Gasteiger partial charge in [-0.25, -0.2) is 0 Å². The third-order valence-electron chi connectivity index (χ3n) is 1.69. The van der Waals surface area contributed by atoms with E-state index in [-0.39, 0.29) is 18.7 Å². The standard InChI is InChI=1S/C10H15O2P.ClH/c1-2-6-10(12-13)11-9-7-4-3-5-8-9;/h3-5,7-8,10H,2,6,13H2,1H3;1H. The summed E-state index contributed by atoms with van der Waals surface area (Å²) >= 11 is 0. The molecule has 0 saturated heterocycles. The van der Waals surface area contributed by atoms with Gasteiger partial charge in [0.1, 0.15) is 5.75 Å². The van der Waals surface area contributed by atoms with Gasteiger partial charge in [-0.05, 0) is 12.1 Å². The normalized spacial score (nSPS) is 11.6. The molecule has 14 heavy (non-hydrogen) atoms. The second-order valence-corrected chi connectivity index (χ2v) is 3.06. The molecule has 80 valence electrons. The highest BCUT2D eigenvalue weighted by Gasteiger charge is 2.06. The zero-order chi connectivity index (χ0) is 9.52. The van der Waals surface area contributed by atoms with Crippen LogP contribution in [-0.2, 0) is 4.52 Å². The number of hydrogen-bond acceptors (Lipinski definition) is 2. The molecule has 2 nitrogen and oxygen atoms in total. The maximum absolute atomic E-state index is 5.56. The van der Waals surface area contributed by atoms with E-state index in [0.717, 1.165) is 18.6 Å². The van der Waals surface area contributed by atoms with Crippen LogP contribution in [0.3, 0.4) is 0 Å². The van der Waals surface area contributed by atoms with Gasteiger partial charge in [0.2, 0.25) is 6.29 Å². The summed E-state index contributed by atoms with van der Waals surface area (Å²) in [6.07, 6.45) is 1.79. The predicted octanol–water partition coefficient (Wildman–Crippen LogP) is 3.42. The van der Waals surface area contributed by atoms with Gasteiger partial charge in [0, 0.05) is 15.9 Å². The van der Waals surface area contributed by atoms with Crippen LogP contribution in [0.15, 0.2) is 30.3 Å². The Morgan fingerprint density at radius 2 is 1.93 bits per heavy atom. The quantitative estimate of drug-likeness (QED) is 0.574. The monoisotopic (exact) mass is 234 g/mol. The molecule has 0 spiro atoms. The molecule has 0 aliphatic carbocycles. The van der Waals surface area contributed by atoms with E-state index in [1.165, 1.54) is 0 Å². The molecule has 0 N–H and O–H groups in total. The van der Waals surface area contributed by atoms with E-state index < -0.39 is 0 Å². The fraction of sp³-hybridized carbons (Fsp3) is 0.400. The average Bonchev–Trinajstić information content (AvgIpc) is 2.19. The minimum absolute atomic E-state index is 0. The predicted molar refractivity (Wildman–Crippen MR) is 63.8 cm³/mol. The molecule has 2 unspecified atom stereocenters. The molecular formula is C10H16ClO2P. The molecule has 0 heterocycles. The molecular weight excluding hydrogens is 219 g/mol. The van der Waals surface area contributed by atoms with Crippen molar-refractivity contribution in [1.82, 2.24) is 0 Å². The summed E-state index contributed by atoms with van der Waals surface area (Å²) in [6.45, 7) is 2.10. The summed E-state index contributed by atoms with van der Waals surface area (Å²) < 4.78 is 10.7. The molecule has 2 atom stereocenters. The van der Waals surface area contributed by atoms with E-state index in [1.807, 2.05) is 30.3 Å². The van der Waals surface area contributed by atoms with Crippen molar-refractivity contribution in [3.8, 4) is 5.75 Å². The van der Waals surface area contributed by atoms with Crippen LogP contribution in [0.5, 0.6) is 5.75 Å². The molecule has 0 saturated carbocycles. The SMILES string of the molecule is CCCC(OP)Oc1ccccc1.Cl. The molecule has 1 aromatic rings. The summed E-state index contributed by atoms with van der Waals surface area (Å²) in [7, 11) is 2.24. The Balaban J connectivity index is 0.00000169. The molecule has 0 fully saturated rings. The van der Waals surface area contributed by atoms with Crippen LogP contribution in [-0.4, -0.2) is 6.29 Å². The van der Waals surface area contributed by atoms with Gasteiger partial charge in [-0.15, -0.1) is 12.4 Å². The third kappa shape index (κ3) is 4.80. The third-order valence-corrected chi connectivity index (χ3v) is 1.99. The first-order valence-corrected chi connectivity index (χ1v) is 4.91. The Morgan fingerprint density at radius 3 is 2.43 bits per heavy atom. The fourth-order valence-electron chi connectivity index (χ4n) is 1.04. The van der Waals surface area contributed by atoms with Crippen LogP contribution in [0.2, 0.25) is 0 Å². The highest BCUT2D eigenvalue weighted by molar-refractivity contribution is 7.09. The van der Waals surface area contributed by atoms with E-state index in [0.29, 0.717) is 0 Å². The highest BCUT2D eigenvalue weighted by atomic mass is 35.5. The lowest BCUT2D eigenvalue weighted by Crippen LogP contribution is -2.15. The van der Waals surface area contributed by atoms with Crippen LogP contribution in [0, 0.1) is 0 Å². The van der Waals surface area contributed by atoms with Crippen molar-refractivity contribution in [2.75, 3.05) is 0 Å². The topological polar surface area (TPSA) is 18.5 Å². The van der Waals surface area contributed by atoms with E-state index >= 15 is 0 Å². The van der Waals surface area contributed by atoms with Crippen molar-refractivity contribution in [3.05, 3.63) is 30.3 Å². The van der Waals surface area contributed by atoms with E-state index in [1.54, 1.807) is 0 Å². The van der Waals surface area contributed by atoms with Crippen LogP contribution < -0.4 is 4.74 Å². The van der Waals surface area contributed by atoms with E-state index in [9.17, 15) is 0 Å².